The Morgan fingerprint density at radius 3 is 2.80 bits per heavy atom. The molecule has 0 aliphatic heterocycles. The van der Waals surface area contributed by atoms with E-state index in [4.69, 9.17) is 5.73 Å². The first kappa shape index (κ1) is 13.6. The molecular weight excluding hydrogens is 228 g/mol. The Labute approximate surface area is 91.3 Å². The normalized spacial score (nSPS) is 9.53. The summed E-state index contributed by atoms with van der Waals surface area (Å²) < 4.78 is 23.5. The molecule has 0 unspecified atom stereocenters. The van der Waals surface area contributed by atoms with E-state index >= 15 is 0 Å². The topological polar surface area (TPSA) is 68.0 Å². The SMILES string of the molecule is Cl.Nc1ccncc1C(=O)NCC(F)F. The highest BCUT2D eigenvalue weighted by Gasteiger charge is 2.11. The van der Waals surface area contributed by atoms with Gasteiger partial charge in [-0.1, -0.05) is 0 Å². The van der Waals surface area contributed by atoms with Gasteiger partial charge in [0.25, 0.3) is 12.3 Å². The highest BCUT2D eigenvalue weighted by atomic mass is 35.5. The molecule has 0 spiro atoms. The lowest BCUT2D eigenvalue weighted by atomic mass is 10.2. The minimum Gasteiger partial charge on any atom is -0.398 e. The molecule has 84 valence electrons. The number of alkyl halides is 2. The molecular formula is C8H10ClF2N3O. The zero-order valence-electron chi connectivity index (χ0n) is 7.61. The second kappa shape index (κ2) is 6.13. The lowest BCUT2D eigenvalue weighted by Gasteiger charge is -2.05. The summed E-state index contributed by atoms with van der Waals surface area (Å²) in [4.78, 5) is 14.9. The van der Waals surface area contributed by atoms with Crippen LogP contribution >= 0.6 is 12.4 Å². The Kier molecular flexibility index (Phi) is 5.54. The number of amides is 1. The van der Waals surface area contributed by atoms with Gasteiger partial charge >= 0.3 is 0 Å². The highest BCUT2D eigenvalue weighted by Crippen LogP contribution is 2.07. The van der Waals surface area contributed by atoms with Crippen molar-refractivity contribution < 1.29 is 13.6 Å². The van der Waals surface area contributed by atoms with E-state index in [0.717, 1.165) is 0 Å². The van der Waals surface area contributed by atoms with Gasteiger partial charge < -0.3 is 11.1 Å². The first-order chi connectivity index (χ1) is 6.61. The summed E-state index contributed by atoms with van der Waals surface area (Å²) in [7, 11) is 0. The molecule has 0 atom stereocenters. The van der Waals surface area contributed by atoms with Crippen molar-refractivity contribution in [1.29, 1.82) is 0 Å². The molecule has 4 nitrogen and oxygen atoms in total. The number of hydrogen-bond acceptors (Lipinski definition) is 3. The van der Waals surface area contributed by atoms with Gasteiger partial charge in [-0.25, -0.2) is 8.78 Å². The van der Waals surface area contributed by atoms with Crippen molar-refractivity contribution >= 4 is 24.0 Å². The number of nitrogens with zero attached hydrogens (tertiary/aromatic N) is 1. The minimum absolute atomic E-state index is 0. The van der Waals surface area contributed by atoms with Gasteiger partial charge in [0, 0.05) is 18.1 Å². The molecule has 1 heterocycles. The number of carbonyl (C=O) groups is 1. The summed E-state index contributed by atoms with van der Waals surface area (Å²) in [6.07, 6.45) is 0.0758. The molecule has 1 amide bonds. The molecule has 0 bridgehead atoms. The summed E-state index contributed by atoms with van der Waals surface area (Å²) in [5.41, 5.74) is 5.76. The van der Waals surface area contributed by atoms with Crippen molar-refractivity contribution in [2.75, 3.05) is 12.3 Å². The maximum Gasteiger partial charge on any atom is 0.255 e. The summed E-state index contributed by atoms with van der Waals surface area (Å²) in [5, 5.41) is 2.03. The second-order valence-electron chi connectivity index (χ2n) is 2.56. The van der Waals surface area contributed by atoms with E-state index in [9.17, 15) is 13.6 Å². The molecule has 0 aliphatic rings. The van der Waals surface area contributed by atoms with Crippen LogP contribution in [0, 0.1) is 0 Å². The number of nitrogens with two attached hydrogens (primary N) is 1. The fraction of sp³-hybridized carbons (Fsp3) is 0.250. The fourth-order valence-electron chi connectivity index (χ4n) is 0.860. The zero-order valence-corrected chi connectivity index (χ0v) is 8.43. The molecule has 0 saturated carbocycles. The van der Waals surface area contributed by atoms with Crippen LogP contribution in [-0.2, 0) is 0 Å². The fourth-order valence-corrected chi connectivity index (χ4v) is 0.860. The molecule has 15 heavy (non-hydrogen) atoms. The van der Waals surface area contributed by atoms with Gasteiger partial charge in [0.1, 0.15) is 0 Å². The summed E-state index contributed by atoms with van der Waals surface area (Å²) in [5.74, 6) is -0.643. The zero-order chi connectivity index (χ0) is 10.6. The van der Waals surface area contributed by atoms with E-state index in [1.807, 2.05) is 5.32 Å². The molecule has 3 N–H and O–H groups in total. The number of hydrogen-bond donors (Lipinski definition) is 2. The number of halogens is 3. The average molecular weight is 238 g/mol. The van der Waals surface area contributed by atoms with Crippen LogP contribution in [0.25, 0.3) is 0 Å². The van der Waals surface area contributed by atoms with Crippen LogP contribution in [0.3, 0.4) is 0 Å². The van der Waals surface area contributed by atoms with Crippen LogP contribution in [0.5, 0.6) is 0 Å². The predicted octanol–water partition coefficient (Wildman–Crippen LogP) is 1.08. The Balaban J connectivity index is 0.00000196. The number of anilines is 1. The van der Waals surface area contributed by atoms with Crippen LogP contribution in [-0.4, -0.2) is 23.9 Å². The molecule has 1 rings (SSSR count). The smallest absolute Gasteiger partial charge is 0.255 e. The van der Waals surface area contributed by atoms with Gasteiger partial charge in [-0.05, 0) is 6.07 Å². The molecule has 0 aliphatic carbocycles. The maximum atomic E-state index is 11.7. The number of nitrogens with one attached hydrogen (secondary N) is 1. The van der Waals surface area contributed by atoms with Crippen molar-refractivity contribution in [2.45, 2.75) is 6.43 Å². The first-order valence-corrected chi connectivity index (χ1v) is 3.87. The summed E-state index contributed by atoms with van der Waals surface area (Å²) >= 11 is 0. The third-order valence-corrected chi connectivity index (χ3v) is 1.52. The number of aromatic nitrogens is 1. The van der Waals surface area contributed by atoms with Gasteiger partial charge in [-0.3, -0.25) is 9.78 Å². The van der Waals surface area contributed by atoms with Crippen LogP contribution in [0.1, 0.15) is 10.4 Å². The molecule has 1 aromatic rings. The molecule has 7 heteroatoms. The summed E-state index contributed by atoms with van der Waals surface area (Å²) in [6, 6.07) is 1.43. The largest absolute Gasteiger partial charge is 0.398 e. The van der Waals surface area contributed by atoms with Gasteiger partial charge in [0.2, 0.25) is 0 Å². The summed E-state index contributed by atoms with van der Waals surface area (Å²) in [6.45, 7) is -0.687. The standard InChI is InChI=1S/C8H9F2N3O.ClH/c9-7(10)4-13-8(14)5-3-12-2-1-6(5)11;/h1-3,7H,4H2,(H2,11,12)(H,13,14);1H. The van der Waals surface area contributed by atoms with Gasteiger partial charge in [-0.2, -0.15) is 0 Å². The van der Waals surface area contributed by atoms with E-state index in [1.54, 1.807) is 0 Å². The monoisotopic (exact) mass is 237 g/mol. The number of pyridine rings is 1. The number of nitrogen functional groups attached to an aromatic ring is 1. The van der Waals surface area contributed by atoms with E-state index in [1.165, 1.54) is 18.5 Å². The Hall–Kier alpha value is -1.43. The lowest BCUT2D eigenvalue weighted by Crippen LogP contribution is -2.29. The van der Waals surface area contributed by atoms with Crippen molar-refractivity contribution in [3.63, 3.8) is 0 Å². The Morgan fingerprint density at radius 2 is 2.27 bits per heavy atom. The average Bonchev–Trinajstić information content (AvgIpc) is 2.15. The van der Waals surface area contributed by atoms with Crippen molar-refractivity contribution in [3.8, 4) is 0 Å². The van der Waals surface area contributed by atoms with E-state index in [-0.39, 0.29) is 23.7 Å². The second-order valence-corrected chi connectivity index (χ2v) is 2.56. The number of carbonyl (C=O) groups excluding carboxylic acids is 1. The van der Waals surface area contributed by atoms with Crippen molar-refractivity contribution in [1.82, 2.24) is 10.3 Å². The first-order valence-electron chi connectivity index (χ1n) is 3.87. The van der Waals surface area contributed by atoms with E-state index in [2.05, 4.69) is 4.98 Å². The lowest BCUT2D eigenvalue weighted by molar-refractivity contribution is 0.0892. The predicted molar refractivity (Wildman–Crippen MR) is 54.2 cm³/mol. The molecule has 1 aromatic heterocycles. The Morgan fingerprint density at radius 1 is 1.60 bits per heavy atom. The Bertz CT molecular complexity index is 335. The van der Waals surface area contributed by atoms with Gasteiger partial charge in [-0.15, -0.1) is 12.4 Å². The highest BCUT2D eigenvalue weighted by molar-refractivity contribution is 5.98. The van der Waals surface area contributed by atoms with Crippen molar-refractivity contribution in [3.05, 3.63) is 24.0 Å². The third-order valence-electron chi connectivity index (χ3n) is 1.52. The quantitative estimate of drug-likeness (QED) is 0.827. The number of rotatable bonds is 3. The van der Waals surface area contributed by atoms with Gasteiger partial charge in [0.05, 0.1) is 12.1 Å². The third kappa shape index (κ3) is 4.07. The maximum absolute atomic E-state index is 11.7. The minimum atomic E-state index is -2.57. The van der Waals surface area contributed by atoms with Crippen LogP contribution in [0.2, 0.25) is 0 Å². The van der Waals surface area contributed by atoms with Crippen molar-refractivity contribution in [2.24, 2.45) is 0 Å². The van der Waals surface area contributed by atoms with E-state index < -0.39 is 18.9 Å². The molecule has 0 fully saturated rings. The van der Waals surface area contributed by atoms with E-state index in [0.29, 0.717) is 0 Å². The van der Waals surface area contributed by atoms with Crippen LogP contribution < -0.4 is 11.1 Å². The molecule has 0 radical (unpaired) electrons. The van der Waals surface area contributed by atoms with Crippen LogP contribution in [0.15, 0.2) is 18.5 Å². The molecule has 0 saturated heterocycles. The van der Waals surface area contributed by atoms with Gasteiger partial charge in [0.15, 0.2) is 0 Å². The molecule has 0 aromatic carbocycles. The van der Waals surface area contributed by atoms with Crippen LogP contribution in [0.4, 0.5) is 14.5 Å².